The van der Waals surface area contributed by atoms with Crippen LogP contribution in [0.25, 0.3) is 0 Å². The van der Waals surface area contributed by atoms with Crippen LogP contribution < -0.4 is 10.6 Å². The standard InChI is InChI=1S/C17H29N3O/c1-13(2)19-15-10-8-7-9-14(15)16(21)18-11-17(3,4)12-20(5)6/h7-10,13,19H,11-12H2,1-6H3,(H,18,21). The maximum absolute atomic E-state index is 12.4. The second-order valence-corrected chi connectivity index (χ2v) is 6.93. The Bertz CT molecular complexity index is 467. The van der Waals surface area contributed by atoms with Crippen molar-refractivity contribution in [2.24, 2.45) is 5.41 Å². The zero-order valence-corrected chi connectivity index (χ0v) is 14.2. The van der Waals surface area contributed by atoms with E-state index in [4.69, 9.17) is 0 Å². The van der Waals surface area contributed by atoms with Crippen molar-refractivity contribution in [1.82, 2.24) is 10.2 Å². The average Bonchev–Trinajstić information content (AvgIpc) is 2.34. The van der Waals surface area contributed by atoms with Crippen molar-refractivity contribution in [3.05, 3.63) is 29.8 Å². The van der Waals surface area contributed by atoms with Crippen LogP contribution in [0.2, 0.25) is 0 Å². The summed E-state index contributed by atoms with van der Waals surface area (Å²) in [5, 5.41) is 6.37. The molecule has 0 saturated heterocycles. The molecule has 0 aliphatic heterocycles. The van der Waals surface area contributed by atoms with Crippen LogP contribution in [0.3, 0.4) is 0 Å². The van der Waals surface area contributed by atoms with Gasteiger partial charge in [-0.1, -0.05) is 26.0 Å². The lowest BCUT2D eigenvalue weighted by atomic mass is 9.93. The Balaban J connectivity index is 2.72. The monoisotopic (exact) mass is 291 g/mol. The minimum atomic E-state index is -0.0226. The maximum Gasteiger partial charge on any atom is 0.253 e. The average molecular weight is 291 g/mol. The van der Waals surface area contributed by atoms with Crippen LogP contribution >= 0.6 is 0 Å². The Morgan fingerprint density at radius 2 is 1.86 bits per heavy atom. The number of para-hydroxylation sites is 1. The summed E-state index contributed by atoms with van der Waals surface area (Å²) < 4.78 is 0. The van der Waals surface area contributed by atoms with E-state index in [2.05, 4.69) is 43.2 Å². The summed E-state index contributed by atoms with van der Waals surface area (Å²) in [6.45, 7) is 10.0. The molecule has 1 aromatic carbocycles. The highest BCUT2D eigenvalue weighted by molar-refractivity contribution is 5.99. The summed E-state index contributed by atoms with van der Waals surface area (Å²) in [6.07, 6.45) is 0. The lowest BCUT2D eigenvalue weighted by Crippen LogP contribution is -2.40. The topological polar surface area (TPSA) is 44.4 Å². The number of amides is 1. The van der Waals surface area contributed by atoms with Crippen molar-refractivity contribution in [3.63, 3.8) is 0 Å². The number of hydrogen-bond donors (Lipinski definition) is 2. The number of anilines is 1. The van der Waals surface area contributed by atoms with Crippen molar-refractivity contribution in [2.75, 3.05) is 32.5 Å². The van der Waals surface area contributed by atoms with Gasteiger partial charge in [0.15, 0.2) is 0 Å². The van der Waals surface area contributed by atoms with E-state index in [9.17, 15) is 4.79 Å². The van der Waals surface area contributed by atoms with E-state index in [1.165, 1.54) is 0 Å². The SMILES string of the molecule is CC(C)Nc1ccccc1C(=O)NCC(C)(C)CN(C)C. The first kappa shape index (κ1) is 17.5. The molecule has 0 bridgehead atoms. The lowest BCUT2D eigenvalue weighted by molar-refractivity contribution is 0.0930. The third kappa shape index (κ3) is 6.17. The second kappa shape index (κ2) is 7.46. The number of hydrogen-bond acceptors (Lipinski definition) is 3. The van der Waals surface area contributed by atoms with Gasteiger partial charge in [-0.15, -0.1) is 0 Å². The van der Waals surface area contributed by atoms with Gasteiger partial charge >= 0.3 is 0 Å². The maximum atomic E-state index is 12.4. The molecule has 4 heteroatoms. The molecule has 21 heavy (non-hydrogen) atoms. The fraction of sp³-hybridized carbons (Fsp3) is 0.588. The molecule has 0 atom stereocenters. The van der Waals surface area contributed by atoms with E-state index in [0.717, 1.165) is 12.2 Å². The Labute approximate surface area is 128 Å². The van der Waals surface area contributed by atoms with Gasteiger partial charge in [-0.25, -0.2) is 0 Å². The van der Waals surface area contributed by atoms with E-state index in [0.29, 0.717) is 18.2 Å². The first-order chi connectivity index (χ1) is 9.71. The molecule has 2 N–H and O–H groups in total. The molecule has 118 valence electrons. The minimum absolute atomic E-state index is 0.0226. The molecule has 0 saturated carbocycles. The number of carbonyl (C=O) groups excluding carboxylic acids is 1. The van der Waals surface area contributed by atoms with Gasteiger partial charge in [-0.05, 0) is 45.5 Å². The third-order valence-electron chi connectivity index (χ3n) is 3.09. The highest BCUT2D eigenvalue weighted by Crippen LogP contribution is 2.18. The molecule has 0 radical (unpaired) electrons. The minimum Gasteiger partial charge on any atom is -0.382 e. The molecule has 0 unspecified atom stereocenters. The van der Waals surface area contributed by atoms with Gasteiger partial charge in [0.05, 0.1) is 5.56 Å². The van der Waals surface area contributed by atoms with Crippen molar-refractivity contribution in [3.8, 4) is 0 Å². The van der Waals surface area contributed by atoms with Crippen LogP contribution in [0.1, 0.15) is 38.1 Å². The van der Waals surface area contributed by atoms with Crippen LogP contribution in [0.5, 0.6) is 0 Å². The highest BCUT2D eigenvalue weighted by atomic mass is 16.1. The van der Waals surface area contributed by atoms with Crippen LogP contribution in [-0.4, -0.2) is 44.0 Å². The third-order valence-corrected chi connectivity index (χ3v) is 3.09. The smallest absolute Gasteiger partial charge is 0.253 e. The molecule has 1 aromatic rings. The summed E-state index contributed by atoms with van der Waals surface area (Å²) in [7, 11) is 4.09. The molecule has 1 rings (SSSR count). The summed E-state index contributed by atoms with van der Waals surface area (Å²) in [5.41, 5.74) is 1.63. The van der Waals surface area contributed by atoms with Gasteiger partial charge in [-0.3, -0.25) is 4.79 Å². The molecule has 0 heterocycles. The first-order valence-corrected chi connectivity index (χ1v) is 7.50. The van der Waals surface area contributed by atoms with Crippen LogP contribution in [0.15, 0.2) is 24.3 Å². The van der Waals surface area contributed by atoms with Crippen LogP contribution in [0, 0.1) is 5.41 Å². The normalized spacial score (nSPS) is 11.8. The molecule has 0 spiro atoms. The molecule has 4 nitrogen and oxygen atoms in total. The zero-order chi connectivity index (χ0) is 16.0. The molecule has 0 fully saturated rings. The Hall–Kier alpha value is -1.55. The number of nitrogens with zero attached hydrogens (tertiary/aromatic N) is 1. The fourth-order valence-corrected chi connectivity index (χ4v) is 2.44. The largest absolute Gasteiger partial charge is 0.382 e. The second-order valence-electron chi connectivity index (χ2n) is 6.93. The van der Waals surface area contributed by atoms with Crippen molar-refractivity contribution in [2.45, 2.75) is 33.7 Å². The predicted octanol–water partition coefficient (Wildman–Crippen LogP) is 2.82. The van der Waals surface area contributed by atoms with E-state index < -0.39 is 0 Å². The molecule has 0 aliphatic carbocycles. The Morgan fingerprint density at radius 3 is 2.43 bits per heavy atom. The summed E-state index contributed by atoms with van der Waals surface area (Å²) in [5.74, 6) is -0.0226. The van der Waals surface area contributed by atoms with Gasteiger partial charge in [-0.2, -0.15) is 0 Å². The summed E-state index contributed by atoms with van der Waals surface area (Å²) >= 11 is 0. The van der Waals surface area contributed by atoms with Gasteiger partial charge in [0.2, 0.25) is 0 Å². The number of benzene rings is 1. The van der Waals surface area contributed by atoms with Crippen molar-refractivity contribution < 1.29 is 4.79 Å². The summed E-state index contributed by atoms with van der Waals surface area (Å²) in [6, 6.07) is 7.94. The predicted molar refractivity (Wildman–Crippen MR) is 89.9 cm³/mol. The number of nitrogens with one attached hydrogen (secondary N) is 2. The molecule has 1 amide bonds. The van der Waals surface area contributed by atoms with Gasteiger partial charge < -0.3 is 15.5 Å². The van der Waals surface area contributed by atoms with Crippen molar-refractivity contribution in [1.29, 1.82) is 0 Å². The van der Waals surface area contributed by atoms with Crippen LogP contribution in [-0.2, 0) is 0 Å². The quantitative estimate of drug-likeness (QED) is 0.812. The molecular formula is C17H29N3O. The first-order valence-electron chi connectivity index (χ1n) is 7.50. The number of carbonyl (C=O) groups is 1. The van der Waals surface area contributed by atoms with E-state index in [-0.39, 0.29) is 11.3 Å². The molecular weight excluding hydrogens is 262 g/mol. The van der Waals surface area contributed by atoms with Crippen molar-refractivity contribution >= 4 is 11.6 Å². The van der Waals surface area contributed by atoms with E-state index in [1.54, 1.807) is 0 Å². The Kier molecular flexibility index (Phi) is 6.21. The van der Waals surface area contributed by atoms with Gasteiger partial charge in [0, 0.05) is 24.8 Å². The van der Waals surface area contributed by atoms with E-state index >= 15 is 0 Å². The Morgan fingerprint density at radius 1 is 1.24 bits per heavy atom. The zero-order valence-electron chi connectivity index (χ0n) is 14.2. The fourth-order valence-electron chi connectivity index (χ4n) is 2.44. The molecule has 0 aromatic heterocycles. The van der Waals surface area contributed by atoms with Gasteiger partial charge in [0.25, 0.3) is 5.91 Å². The molecule has 0 aliphatic rings. The number of rotatable bonds is 7. The lowest BCUT2D eigenvalue weighted by Gasteiger charge is -2.28. The van der Waals surface area contributed by atoms with Crippen LogP contribution in [0.4, 0.5) is 5.69 Å². The highest BCUT2D eigenvalue weighted by Gasteiger charge is 2.21. The summed E-state index contributed by atoms with van der Waals surface area (Å²) in [4.78, 5) is 14.6. The van der Waals surface area contributed by atoms with Gasteiger partial charge in [0.1, 0.15) is 0 Å². The van der Waals surface area contributed by atoms with E-state index in [1.807, 2.05) is 38.4 Å².